The summed E-state index contributed by atoms with van der Waals surface area (Å²) < 4.78 is 5.53. The molecular formula is C22H23N3O4S. The summed E-state index contributed by atoms with van der Waals surface area (Å²) in [4.78, 5) is 33.4. The fourth-order valence-electron chi connectivity index (χ4n) is 3.96. The van der Waals surface area contributed by atoms with Crippen molar-refractivity contribution in [2.45, 2.75) is 37.3 Å². The SMILES string of the molecule is C=CCSc1nc2c(c(=O)[nH]1)C(c1ccc(O)c(OCC)c1)C1=C(CCCC1=O)N2. The van der Waals surface area contributed by atoms with Crippen LogP contribution in [0.15, 0.2) is 52.1 Å². The number of phenolic OH excluding ortho intramolecular Hbond substituents is 1. The van der Waals surface area contributed by atoms with Crippen molar-refractivity contribution >= 4 is 23.4 Å². The zero-order valence-electron chi connectivity index (χ0n) is 16.7. The molecule has 0 fully saturated rings. The number of carbonyl (C=O) groups excluding carboxylic acids is 1. The highest BCUT2D eigenvalue weighted by molar-refractivity contribution is 7.99. The first-order chi connectivity index (χ1) is 14.5. The molecule has 2 heterocycles. The van der Waals surface area contributed by atoms with Crippen LogP contribution in [-0.4, -0.2) is 33.2 Å². The molecule has 1 aromatic heterocycles. The molecule has 1 aliphatic carbocycles. The highest BCUT2D eigenvalue weighted by Gasteiger charge is 2.38. The number of aromatic hydroxyl groups is 1. The molecule has 0 saturated carbocycles. The van der Waals surface area contributed by atoms with E-state index >= 15 is 0 Å². The van der Waals surface area contributed by atoms with Gasteiger partial charge in [0.25, 0.3) is 5.56 Å². The summed E-state index contributed by atoms with van der Waals surface area (Å²) in [7, 11) is 0. The Morgan fingerprint density at radius 3 is 2.97 bits per heavy atom. The predicted octanol–water partition coefficient (Wildman–Crippen LogP) is 3.72. The van der Waals surface area contributed by atoms with Gasteiger partial charge in [0.15, 0.2) is 22.4 Å². The summed E-state index contributed by atoms with van der Waals surface area (Å²) in [6, 6.07) is 4.96. The van der Waals surface area contributed by atoms with Gasteiger partial charge >= 0.3 is 0 Å². The van der Waals surface area contributed by atoms with E-state index in [1.807, 2.05) is 6.92 Å². The summed E-state index contributed by atoms with van der Waals surface area (Å²) in [6.07, 6.45) is 3.67. The molecule has 1 atom stereocenters. The van der Waals surface area contributed by atoms with Gasteiger partial charge in [-0.15, -0.1) is 6.58 Å². The first-order valence-corrected chi connectivity index (χ1v) is 10.9. The number of carbonyl (C=O) groups is 1. The van der Waals surface area contributed by atoms with Gasteiger partial charge in [-0.2, -0.15) is 0 Å². The summed E-state index contributed by atoms with van der Waals surface area (Å²) in [5, 5.41) is 13.9. The quantitative estimate of drug-likeness (QED) is 0.368. The summed E-state index contributed by atoms with van der Waals surface area (Å²) in [5.41, 5.74) is 2.23. The zero-order valence-corrected chi connectivity index (χ0v) is 17.5. The van der Waals surface area contributed by atoms with E-state index in [0.717, 1.165) is 18.5 Å². The largest absolute Gasteiger partial charge is 0.504 e. The Balaban J connectivity index is 1.90. The molecule has 4 rings (SSSR count). The third kappa shape index (κ3) is 3.63. The minimum atomic E-state index is -0.571. The fraction of sp³-hybridized carbons (Fsp3) is 0.318. The molecule has 0 radical (unpaired) electrons. The van der Waals surface area contributed by atoms with Crippen molar-refractivity contribution in [1.82, 2.24) is 9.97 Å². The number of H-pyrrole nitrogens is 1. The van der Waals surface area contributed by atoms with Crippen LogP contribution < -0.4 is 15.6 Å². The standard InChI is InChI=1S/C22H23N3O4S/c1-3-10-30-22-24-20-19(21(28)25-22)17(18-13(23-20)6-5-7-15(18)27)12-8-9-14(26)16(11-12)29-4-2/h3,8-9,11,17,26H,1,4-7,10H2,2H3,(H2,23,24,25,28). The first kappa shape index (κ1) is 20.3. The molecule has 7 nitrogen and oxygen atoms in total. The minimum absolute atomic E-state index is 0.0159. The number of hydrogen-bond donors (Lipinski definition) is 3. The number of Topliss-reactive ketones (excluding diaryl/α,β-unsaturated/α-hetero) is 1. The topological polar surface area (TPSA) is 104 Å². The number of fused-ring (bicyclic) bond motifs is 1. The molecule has 0 saturated heterocycles. The van der Waals surface area contributed by atoms with Crippen LogP contribution in [0.5, 0.6) is 11.5 Å². The van der Waals surface area contributed by atoms with Gasteiger partial charge in [0, 0.05) is 29.4 Å². The van der Waals surface area contributed by atoms with Gasteiger partial charge in [-0.05, 0) is 37.5 Å². The molecule has 1 unspecified atom stereocenters. The van der Waals surface area contributed by atoms with Crippen molar-refractivity contribution in [2.24, 2.45) is 0 Å². The van der Waals surface area contributed by atoms with Gasteiger partial charge in [-0.25, -0.2) is 4.98 Å². The van der Waals surface area contributed by atoms with Crippen LogP contribution >= 0.6 is 11.8 Å². The van der Waals surface area contributed by atoms with E-state index < -0.39 is 5.92 Å². The lowest BCUT2D eigenvalue weighted by atomic mass is 9.76. The van der Waals surface area contributed by atoms with Gasteiger partial charge in [-0.3, -0.25) is 9.59 Å². The number of nitrogens with zero attached hydrogens (tertiary/aromatic N) is 1. The van der Waals surface area contributed by atoms with Crippen molar-refractivity contribution in [2.75, 3.05) is 17.7 Å². The number of ether oxygens (including phenoxy) is 1. The van der Waals surface area contributed by atoms with E-state index in [4.69, 9.17) is 4.74 Å². The molecular weight excluding hydrogens is 402 g/mol. The summed E-state index contributed by atoms with van der Waals surface area (Å²) in [6.45, 7) is 5.91. The maximum absolute atomic E-state index is 13.1. The van der Waals surface area contributed by atoms with E-state index in [1.165, 1.54) is 17.8 Å². The number of ketones is 1. The zero-order chi connectivity index (χ0) is 21.3. The number of thioether (sulfide) groups is 1. The average Bonchev–Trinajstić information content (AvgIpc) is 2.73. The second-order valence-corrected chi connectivity index (χ2v) is 8.13. The van der Waals surface area contributed by atoms with Gasteiger partial charge < -0.3 is 20.1 Å². The summed E-state index contributed by atoms with van der Waals surface area (Å²) >= 11 is 1.38. The van der Waals surface area contributed by atoms with Gasteiger partial charge in [0.05, 0.1) is 12.2 Å². The normalized spacial score (nSPS) is 17.8. The molecule has 1 aromatic carbocycles. The number of rotatable bonds is 6. The number of benzene rings is 1. The molecule has 0 spiro atoms. The van der Waals surface area contributed by atoms with Crippen molar-refractivity contribution in [3.63, 3.8) is 0 Å². The highest BCUT2D eigenvalue weighted by atomic mass is 32.2. The smallest absolute Gasteiger partial charge is 0.257 e. The second kappa shape index (κ2) is 8.39. The Hall–Kier alpha value is -3.00. The van der Waals surface area contributed by atoms with Crippen molar-refractivity contribution in [3.8, 4) is 11.5 Å². The maximum atomic E-state index is 13.1. The maximum Gasteiger partial charge on any atom is 0.257 e. The molecule has 30 heavy (non-hydrogen) atoms. The van der Waals surface area contributed by atoms with Crippen LogP contribution in [0.25, 0.3) is 0 Å². The highest BCUT2D eigenvalue weighted by Crippen LogP contribution is 2.45. The second-order valence-electron chi connectivity index (χ2n) is 7.12. The number of phenols is 1. The van der Waals surface area contributed by atoms with E-state index in [0.29, 0.717) is 52.2 Å². The van der Waals surface area contributed by atoms with Crippen molar-refractivity contribution < 1.29 is 14.6 Å². The van der Waals surface area contributed by atoms with E-state index in [9.17, 15) is 14.7 Å². The van der Waals surface area contributed by atoms with Crippen molar-refractivity contribution in [1.29, 1.82) is 0 Å². The van der Waals surface area contributed by atoms with Crippen molar-refractivity contribution in [3.05, 3.63) is 63.6 Å². The molecule has 8 heteroatoms. The number of allylic oxidation sites excluding steroid dienone is 2. The average molecular weight is 426 g/mol. The van der Waals surface area contributed by atoms with E-state index in [2.05, 4.69) is 21.9 Å². The molecule has 2 aliphatic rings. The Labute approximate surface area is 178 Å². The van der Waals surface area contributed by atoms with Crippen LogP contribution in [0, 0.1) is 0 Å². The van der Waals surface area contributed by atoms with E-state index in [-0.39, 0.29) is 17.1 Å². The number of aromatic amines is 1. The Morgan fingerprint density at radius 1 is 1.37 bits per heavy atom. The Bertz CT molecular complexity index is 1110. The Kier molecular flexibility index (Phi) is 5.67. The lowest BCUT2D eigenvalue weighted by Gasteiger charge is -2.33. The van der Waals surface area contributed by atoms with Gasteiger partial charge in [0.2, 0.25) is 0 Å². The minimum Gasteiger partial charge on any atom is -0.504 e. The number of nitrogens with one attached hydrogen (secondary N) is 2. The molecule has 2 aromatic rings. The Morgan fingerprint density at radius 2 is 2.20 bits per heavy atom. The third-order valence-electron chi connectivity index (χ3n) is 5.19. The fourth-order valence-corrected chi connectivity index (χ4v) is 4.56. The lowest BCUT2D eigenvalue weighted by Crippen LogP contribution is -2.32. The van der Waals surface area contributed by atoms with Gasteiger partial charge in [-0.1, -0.05) is 23.9 Å². The third-order valence-corrected chi connectivity index (χ3v) is 6.06. The summed E-state index contributed by atoms with van der Waals surface area (Å²) in [5.74, 6) is 0.876. The first-order valence-electron chi connectivity index (χ1n) is 9.90. The monoisotopic (exact) mass is 425 g/mol. The van der Waals surface area contributed by atoms with Gasteiger partial charge in [0.1, 0.15) is 5.82 Å². The molecule has 0 bridgehead atoms. The molecule has 156 valence electrons. The van der Waals surface area contributed by atoms with Crippen LogP contribution in [-0.2, 0) is 4.79 Å². The van der Waals surface area contributed by atoms with E-state index in [1.54, 1.807) is 18.2 Å². The lowest BCUT2D eigenvalue weighted by molar-refractivity contribution is -0.116. The number of hydrogen-bond acceptors (Lipinski definition) is 7. The van der Waals surface area contributed by atoms with Crippen LogP contribution in [0.4, 0.5) is 5.82 Å². The van der Waals surface area contributed by atoms with Crippen LogP contribution in [0.3, 0.4) is 0 Å². The van der Waals surface area contributed by atoms with Crippen LogP contribution in [0.2, 0.25) is 0 Å². The van der Waals surface area contributed by atoms with Crippen LogP contribution in [0.1, 0.15) is 43.2 Å². The molecule has 3 N–H and O–H groups in total. The predicted molar refractivity (Wildman–Crippen MR) is 116 cm³/mol. The number of aromatic nitrogens is 2. The number of anilines is 1. The molecule has 1 aliphatic heterocycles. The molecule has 0 amide bonds.